The second-order valence-corrected chi connectivity index (χ2v) is 18.7. The number of ether oxygens (including phenoxy) is 2. The van der Waals surface area contributed by atoms with Gasteiger partial charge in [-0.3, -0.25) is 23.2 Å². The number of rotatable bonds is 37. The number of carbonyl (C=O) groups is 2. The van der Waals surface area contributed by atoms with Crippen LogP contribution in [-0.2, 0) is 41.8 Å². The van der Waals surface area contributed by atoms with E-state index in [1.165, 1.54) is 0 Å². The van der Waals surface area contributed by atoms with Crippen molar-refractivity contribution in [3.8, 4) is 0 Å². The highest BCUT2D eigenvalue weighted by atomic mass is 31.2. The van der Waals surface area contributed by atoms with Crippen LogP contribution in [-0.4, -0.2) is 125 Å². The second kappa shape index (κ2) is 37.0. The first kappa shape index (κ1) is 62.1. The predicted molar refractivity (Wildman–Crippen MR) is 253 cm³/mol. The first-order valence-electron chi connectivity index (χ1n) is 23.3. The van der Waals surface area contributed by atoms with Crippen molar-refractivity contribution in [3.05, 3.63) is 85.1 Å². The minimum absolute atomic E-state index is 0.0468. The van der Waals surface area contributed by atoms with E-state index in [4.69, 9.17) is 28.3 Å². The van der Waals surface area contributed by atoms with Crippen molar-refractivity contribution in [1.29, 1.82) is 0 Å². The fourth-order valence-electron chi connectivity index (χ4n) is 6.49. The predicted octanol–water partition coefficient (Wildman–Crippen LogP) is 6.56. The summed E-state index contributed by atoms with van der Waals surface area (Å²) in [6.07, 6.45) is 23.1. The first-order valence-corrected chi connectivity index (χ1v) is 26.4. The maximum Gasteiger partial charge on any atom is 0.472 e. The molecule has 1 aliphatic carbocycles. The zero-order valence-electron chi connectivity index (χ0n) is 39.0. The van der Waals surface area contributed by atoms with Crippen LogP contribution in [0.1, 0.15) is 129 Å². The number of carbonyl (C=O) groups excluding carboxylic acids is 2. The Labute approximate surface area is 396 Å². The van der Waals surface area contributed by atoms with Crippen molar-refractivity contribution in [2.75, 3.05) is 13.2 Å². The van der Waals surface area contributed by atoms with Crippen LogP contribution < -0.4 is 0 Å². The smallest absolute Gasteiger partial charge is 0.462 e. The highest BCUT2D eigenvalue weighted by molar-refractivity contribution is 7.47. The average Bonchev–Trinajstić information content (AvgIpc) is 3.27. The molecule has 5 unspecified atom stereocenters. The molecule has 1 aliphatic rings. The minimum Gasteiger partial charge on any atom is -0.462 e. The van der Waals surface area contributed by atoms with Crippen molar-refractivity contribution >= 4 is 27.6 Å². The first-order chi connectivity index (χ1) is 31.9. The number of allylic oxidation sites excluding steroid dienone is 12. The van der Waals surface area contributed by atoms with Crippen LogP contribution in [0.5, 0.6) is 0 Å². The van der Waals surface area contributed by atoms with Gasteiger partial charge in [-0.1, -0.05) is 137 Å². The lowest BCUT2D eigenvalue weighted by molar-refractivity contribution is -0.216. The number of hydrogen-bond donors (Lipinski definition) is 9. The molecule has 0 bridgehead atoms. The summed E-state index contributed by atoms with van der Waals surface area (Å²) in [4.78, 5) is 54.3. The van der Waals surface area contributed by atoms with Gasteiger partial charge in [0.05, 0.1) is 18.8 Å². The molecule has 0 saturated heterocycles. The van der Waals surface area contributed by atoms with Crippen LogP contribution in [0.4, 0.5) is 0 Å². The van der Waals surface area contributed by atoms with Crippen molar-refractivity contribution in [2.45, 2.75) is 184 Å². The number of phosphoric acid groups is 2. The molecule has 10 atom stereocenters. The minimum atomic E-state index is -5.40. The molecule has 0 radical (unpaired) electrons. The highest BCUT2D eigenvalue weighted by Gasteiger charge is 2.54. The third kappa shape index (κ3) is 31.8. The van der Waals surface area contributed by atoms with E-state index in [-0.39, 0.29) is 25.7 Å². The molecule has 18 nitrogen and oxygen atoms in total. The van der Waals surface area contributed by atoms with E-state index in [9.17, 15) is 54.3 Å². The maximum atomic E-state index is 13.0. The van der Waals surface area contributed by atoms with Gasteiger partial charge in [0.2, 0.25) is 0 Å². The summed E-state index contributed by atoms with van der Waals surface area (Å²) >= 11 is 0. The Balaban J connectivity index is 2.73. The molecule has 0 aromatic rings. The van der Waals surface area contributed by atoms with Gasteiger partial charge in [-0.2, -0.15) is 0 Å². The number of aliphatic hydroxyl groups excluding tert-OH is 6. The van der Waals surface area contributed by atoms with Gasteiger partial charge in [-0.05, 0) is 64.2 Å². The molecule has 1 saturated carbocycles. The van der Waals surface area contributed by atoms with Crippen LogP contribution in [0.25, 0.3) is 0 Å². The van der Waals surface area contributed by atoms with Gasteiger partial charge < -0.3 is 54.8 Å². The number of hydrogen-bond acceptors (Lipinski definition) is 15. The van der Waals surface area contributed by atoms with E-state index < -0.39 is 95.7 Å². The Morgan fingerprint density at radius 1 is 0.567 bits per heavy atom. The van der Waals surface area contributed by atoms with Crippen molar-refractivity contribution < 1.29 is 87.1 Å². The van der Waals surface area contributed by atoms with Crippen LogP contribution in [0.15, 0.2) is 85.1 Å². The molecular weight excluding hydrogens is 914 g/mol. The average molecular weight is 993 g/mol. The Kier molecular flexibility index (Phi) is 34.3. The van der Waals surface area contributed by atoms with Crippen molar-refractivity contribution in [3.63, 3.8) is 0 Å². The SMILES string of the molecule is CC/C=C\C/C=C\C/C=C\CCCCCCCC(=O)OC[C@H](COP(=O)(O)O[C@H]1C(O)C(O)C(O)[C@@H](OP(=O)(O)O)C1O)OC(=O)CCC[C@H](O)/C=C/C=C\C/C=C\C=C\[C@H](O)CCCCC. The largest absolute Gasteiger partial charge is 0.472 e. The van der Waals surface area contributed by atoms with Gasteiger partial charge >= 0.3 is 27.6 Å². The van der Waals surface area contributed by atoms with Gasteiger partial charge in [-0.25, -0.2) is 9.13 Å². The van der Waals surface area contributed by atoms with E-state index in [2.05, 4.69) is 54.8 Å². The third-order valence-electron chi connectivity index (χ3n) is 10.2. The van der Waals surface area contributed by atoms with Gasteiger partial charge in [-0.15, -0.1) is 0 Å². The molecule has 384 valence electrons. The van der Waals surface area contributed by atoms with E-state index in [1.54, 1.807) is 30.4 Å². The quantitative estimate of drug-likeness (QED) is 0.0105. The summed E-state index contributed by atoms with van der Waals surface area (Å²) in [6.45, 7) is 2.67. The fraction of sp³-hybridized carbons (Fsp3) is 0.660. The summed E-state index contributed by atoms with van der Waals surface area (Å²) in [5, 5.41) is 61.5. The summed E-state index contributed by atoms with van der Waals surface area (Å²) in [6, 6.07) is 0. The summed E-state index contributed by atoms with van der Waals surface area (Å²) in [5.41, 5.74) is 0. The zero-order valence-corrected chi connectivity index (χ0v) is 40.8. The van der Waals surface area contributed by atoms with Crippen molar-refractivity contribution in [2.24, 2.45) is 0 Å². The summed E-state index contributed by atoms with van der Waals surface area (Å²) < 4.78 is 49.1. The summed E-state index contributed by atoms with van der Waals surface area (Å²) in [7, 11) is -10.8. The molecule has 0 spiro atoms. The van der Waals surface area contributed by atoms with Crippen LogP contribution in [0, 0.1) is 0 Å². The molecule has 1 fully saturated rings. The molecule has 0 aromatic carbocycles. The number of phosphoric ester groups is 2. The van der Waals surface area contributed by atoms with E-state index >= 15 is 0 Å². The molecule has 0 aliphatic heterocycles. The van der Waals surface area contributed by atoms with Crippen LogP contribution >= 0.6 is 15.6 Å². The van der Waals surface area contributed by atoms with Crippen molar-refractivity contribution in [1.82, 2.24) is 0 Å². The van der Waals surface area contributed by atoms with Gasteiger partial charge in [0, 0.05) is 12.8 Å². The molecule has 9 N–H and O–H groups in total. The molecule has 0 amide bonds. The molecule has 1 rings (SSSR count). The topological polar surface area (TPSA) is 296 Å². The Hall–Kier alpha value is -2.90. The van der Waals surface area contributed by atoms with E-state index in [1.807, 2.05) is 18.2 Å². The lowest BCUT2D eigenvalue weighted by Gasteiger charge is -2.43. The normalized spacial score (nSPS) is 23.1. The Morgan fingerprint density at radius 2 is 1.10 bits per heavy atom. The standard InChI is InChI=1S/C47H78O18P2/c1-3-5-7-8-9-10-11-12-13-14-15-16-20-23-27-33-40(50)61-35-39(36-62-67(59,60)65-47-44(54)42(52)43(53)46(45(47)55)64-66(56,57)58)63-41(51)34-28-32-38(49)31-26-22-19-17-18-21-25-30-37(48)29-24-6-4-2/h5,7,9-10,12-13,18-19,21-22,25-26,30-31,37-39,42-49,52-55H,3-4,6,8,11,14-17,20,23-24,27-29,32-36H2,1-2H3,(H,59,60)(H2,56,57,58)/b7-5-,10-9-,13-12-,21-18-,22-19-,30-25+,31-26+/t37-,38-,39-,42?,43?,44?,45?,46-,47+/m1/s1. The zero-order chi connectivity index (χ0) is 49.9. The fourth-order valence-corrected chi connectivity index (χ4v) is 8.03. The second-order valence-electron chi connectivity index (χ2n) is 16.1. The number of unbranched alkanes of at least 4 members (excludes halogenated alkanes) is 7. The lowest BCUT2D eigenvalue weighted by atomic mass is 9.85. The molecule has 67 heavy (non-hydrogen) atoms. The van der Waals surface area contributed by atoms with Gasteiger partial charge in [0.15, 0.2) is 6.10 Å². The highest BCUT2D eigenvalue weighted by Crippen LogP contribution is 2.49. The maximum absolute atomic E-state index is 13.0. The third-order valence-corrected chi connectivity index (χ3v) is 11.7. The van der Waals surface area contributed by atoms with Gasteiger partial charge in [0.25, 0.3) is 0 Å². The lowest BCUT2D eigenvalue weighted by Crippen LogP contribution is -2.64. The van der Waals surface area contributed by atoms with Gasteiger partial charge in [0.1, 0.15) is 43.2 Å². The molecular formula is C47H78O18P2. The number of esters is 2. The monoisotopic (exact) mass is 992 g/mol. The van der Waals surface area contributed by atoms with Crippen LogP contribution in [0.3, 0.4) is 0 Å². The molecule has 20 heteroatoms. The molecule has 0 aromatic heterocycles. The van der Waals surface area contributed by atoms with Crippen LogP contribution in [0.2, 0.25) is 0 Å². The Morgan fingerprint density at radius 3 is 1.72 bits per heavy atom. The number of aliphatic hydroxyl groups is 6. The summed E-state index contributed by atoms with van der Waals surface area (Å²) in [5.74, 6) is -1.46. The molecule has 0 heterocycles. The Bertz CT molecular complexity index is 1660. The van der Waals surface area contributed by atoms with E-state index in [0.29, 0.717) is 12.8 Å². The van der Waals surface area contributed by atoms with E-state index in [0.717, 1.165) is 77.0 Å².